The van der Waals surface area contributed by atoms with E-state index in [0.717, 1.165) is 9.37 Å². The van der Waals surface area contributed by atoms with Gasteiger partial charge in [-0.2, -0.15) is 0 Å². The van der Waals surface area contributed by atoms with Crippen LogP contribution < -0.4 is 5.32 Å². The minimum Gasteiger partial charge on any atom is -0.406 e. The highest BCUT2D eigenvalue weighted by Crippen LogP contribution is 2.17. The van der Waals surface area contributed by atoms with Crippen molar-refractivity contribution >= 4 is 39.7 Å². The second-order valence-electron chi connectivity index (χ2n) is 4.84. The predicted molar refractivity (Wildman–Crippen MR) is 81.2 cm³/mol. The number of carbonyl (C=O) groups excluding carboxylic acids is 3. The number of amides is 3. The van der Waals surface area contributed by atoms with Crippen LogP contribution in [0.5, 0.6) is 0 Å². The van der Waals surface area contributed by atoms with Gasteiger partial charge in [0.05, 0.1) is 0 Å². The molecule has 0 saturated carbocycles. The van der Waals surface area contributed by atoms with Crippen LogP contribution in [0.1, 0.15) is 29.1 Å². The average molecular weight is 379 g/mol. The number of carbonyl (C=O) groups is 3. The first-order chi connectivity index (χ1) is 11.0. The largest absolute Gasteiger partial charge is 0.406 e. The number of benzene rings is 1. The summed E-state index contributed by atoms with van der Waals surface area (Å²) in [6.07, 6.45) is 0.388. The summed E-state index contributed by atoms with van der Waals surface area (Å²) in [6.45, 7) is -0.0859. The van der Waals surface area contributed by atoms with Gasteiger partial charge in [-0.15, -0.1) is 5.10 Å². The Morgan fingerprint density at radius 2 is 2.00 bits per heavy atom. The topological polar surface area (TPSA) is 105 Å². The fraction of sp³-hybridized carbons (Fsp3) is 0.214. The Hall–Kier alpha value is -2.55. The fourth-order valence-electron chi connectivity index (χ4n) is 2.10. The van der Waals surface area contributed by atoms with E-state index in [9.17, 15) is 14.4 Å². The van der Waals surface area contributed by atoms with Crippen molar-refractivity contribution in [1.29, 1.82) is 0 Å². The molecular formula is C14H11BrN4O4. The molecule has 0 bridgehead atoms. The van der Waals surface area contributed by atoms with Crippen LogP contribution in [0.25, 0.3) is 0 Å². The van der Waals surface area contributed by atoms with Crippen LogP contribution in [-0.4, -0.2) is 32.8 Å². The van der Waals surface area contributed by atoms with Crippen molar-refractivity contribution in [2.24, 2.45) is 0 Å². The Morgan fingerprint density at radius 1 is 1.26 bits per heavy atom. The lowest BCUT2D eigenvalue weighted by atomic mass is 10.2. The van der Waals surface area contributed by atoms with Crippen LogP contribution in [0.4, 0.5) is 6.01 Å². The van der Waals surface area contributed by atoms with Crippen LogP contribution in [0.2, 0.25) is 0 Å². The monoisotopic (exact) mass is 378 g/mol. The maximum Gasteiger partial charge on any atom is 0.322 e. The van der Waals surface area contributed by atoms with Gasteiger partial charge in [0.25, 0.3) is 5.91 Å². The van der Waals surface area contributed by atoms with Crippen LogP contribution >= 0.6 is 15.9 Å². The van der Waals surface area contributed by atoms with Gasteiger partial charge in [-0.1, -0.05) is 27.1 Å². The summed E-state index contributed by atoms with van der Waals surface area (Å²) in [5.41, 5.74) is 0.420. The summed E-state index contributed by atoms with van der Waals surface area (Å²) in [4.78, 5) is 36.2. The molecule has 1 aromatic heterocycles. The van der Waals surface area contributed by atoms with Gasteiger partial charge in [0.2, 0.25) is 17.7 Å². The van der Waals surface area contributed by atoms with Crippen molar-refractivity contribution in [2.45, 2.75) is 19.4 Å². The summed E-state index contributed by atoms with van der Waals surface area (Å²) in [5, 5.41) is 9.88. The zero-order valence-electron chi connectivity index (χ0n) is 11.8. The third-order valence-electron chi connectivity index (χ3n) is 3.22. The van der Waals surface area contributed by atoms with Gasteiger partial charge < -0.3 is 4.42 Å². The highest BCUT2D eigenvalue weighted by atomic mass is 79.9. The van der Waals surface area contributed by atoms with Gasteiger partial charge in [-0.3, -0.25) is 24.6 Å². The molecule has 0 aliphatic carbocycles. The van der Waals surface area contributed by atoms with Gasteiger partial charge in [-0.05, 0) is 18.2 Å². The molecular weight excluding hydrogens is 368 g/mol. The fourth-order valence-corrected chi connectivity index (χ4v) is 2.50. The third kappa shape index (κ3) is 3.45. The number of hydrogen-bond acceptors (Lipinski definition) is 6. The van der Waals surface area contributed by atoms with Crippen LogP contribution in [-0.2, 0) is 16.1 Å². The minimum absolute atomic E-state index is 0.0816. The molecule has 1 saturated heterocycles. The van der Waals surface area contributed by atoms with Crippen LogP contribution in [0, 0.1) is 0 Å². The number of aromatic nitrogens is 2. The summed E-state index contributed by atoms with van der Waals surface area (Å²) in [6, 6.07) is 6.71. The van der Waals surface area contributed by atoms with Crippen molar-refractivity contribution in [3.05, 3.63) is 40.2 Å². The summed E-state index contributed by atoms with van der Waals surface area (Å²) < 4.78 is 6.02. The van der Waals surface area contributed by atoms with Crippen LogP contribution in [0.3, 0.4) is 0 Å². The number of nitrogens with one attached hydrogen (secondary N) is 1. The van der Waals surface area contributed by atoms with E-state index in [1.165, 1.54) is 0 Å². The summed E-state index contributed by atoms with van der Waals surface area (Å²) >= 11 is 3.28. The van der Waals surface area contributed by atoms with Gasteiger partial charge >= 0.3 is 6.01 Å². The normalized spacial score (nSPS) is 14.4. The second kappa shape index (κ2) is 6.29. The van der Waals surface area contributed by atoms with E-state index >= 15 is 0 Å². The molecule has 1 aliphatic heterocycles. The average Bonchev–Trinajstić information content (AvgIpc) is 3.09. The zero-order valence-corrected chi connectivity index (χ0v) is 13.4. The Labute approximate surface area is 139 Å². The molecule has 8 nitrogen and oxygen atoms in total. The molecule has 118 valence electrons. The van der Waals surface area contributed by atoms with E-state index in [-0.39, 0.29) is 43.1 Å². The van der Waals surface area contributed by atoms with E-state index in [0.29, 0.717) is 5.56 Å². The number of rotatable bonds is 4. The maximum absolute atomic E-state index is 12.0. The first kappa shape index (κ1) is 15.3. The zero-order chi connectivity index (χ0) is 16.4. The molecule has 0 atom stereocenters. The lowest BCUT2D eigenvalue weighted by Gasteiger charge is -2.09. The SMILES string of the molecule is O=C(Nc1nnc(CN2C(=O)CCC2=O)o1)c1cccc(Br)c1. The molecule has 0 unspecified atom stereocenters. The predicted octanol–water partition coefficient (Wildman–Crippen LogP) is 1.73. The van der Waals surface area contributed by atoms with Gasteiger partial charge in [-0.25, -0.2) is 0 Å². The summed E-state index contributed by atoms with van der Waals surface area (Å²) in [5.74, 6) is -0.867. The van der Waals surface area contributed by atoms with Crippen molar-refractivity contribution in [3.8, 4) is 0 Å². The standard InChI is InChI=1S/C14H11BrN4O4/c15-9-3-1-2-8(6-9)13(22)16-14-18-17-10(23-14)7-19-11(20)4-5-12(19)21/h1-3,6H,4-5,7H2,(H,16,18,22). The quantitative estimate of drug-likeness (QED) is 0.812. The molecule has 1 N–H and O–H groups in total. The molecule has 2 heterocycles. The van der Waals surface area contributed by atoms with Crippen molar-refractivity contribution in [1.82, 2.24) is 15.1 Å². The Morgan fingerprint density at radius 3 is 2.70 bits per heavy atom. The molecule has 3 amide bonds. The van der Waals surface area contributed by atoms with E-state index < -0.39 is 5.91 Å². The Balaban J connectivity index is 1.66. The molecule has 9 heteroatoms. The lowest BCUT2D eigenvalue weighted by molar-refractivity contribution is -0.139. The summed E-state index contributed by atoms with van der Waals surface area (Å²) in [7, 11) is 0. The first-order valence-corrected chi connectivity index (χ1v) is 7.55. The molecule has 1 aliphatic rings. The first-order valence-electron chi connectivity index (χ1n) is 6.75. The van der Waals surface area contributed by atoms with Gasteiger partial charge in [0.15, 0.2) is 0 Å². The number of nitrogens with zero attached hydrogens (tertiary/aromatic N) is 3. The minimum atomic E-state index is -0.408. The van der Waals surface area contributed by atoms with E-state index in [4.69, 9.17) is 4.42 Å². The van der Waals surface area contributed by atoms with Gasteiger partial charge in [0, 0.05) is 22.9 Å². The molecule has 2 aromatic rings. The van der Waals surface area contributed by atoms with Crippen molar-refractivity contribution in [3.63, 3.8) is 0 Å². The number of halogens is 1. The maximum atomic E-state index is 12.0. The molecule has 3 rings (SSSR count). The van der Waals surface area contributed by atoms with Gasteiger partial charge in [0.1, 0.15) is 6.54 Å². The Bertz CT molecular complexity index is 773. The van der Waals surface area contributed by atoms with E-state index in [1.54, 1.807) is 24.3 Å². The Kier molecular flexibility index (Phi) is 4.20. The highest BCUT2D eigenvalue weighted by molar-refractivity contribution is 9.10. The highest BCUT2D eigenvalue weighted by Gasteiger charge is 2.30. The lowest BCUT2D eigenvalue weighted by Crippen LogP contribution is -2.28. The number of anilines is 1. The molecule has 1 aromatic carbocycles. The number of likely N-dealkylation sites (tertiary alicyclic amines) is 1. The number of hydrogen-bond donors (Lipinski definition) is 1. The van der Waals surface area contributed by atoms with Crippen LogP contribution in [0.15, 0.2) is 33.2 Å². The molecule has 23 heavy (non-hydrogen) atoms. The molecule has 0 radical (unpaired) electrons. The van der Waals surface area contributed by atoms with Crippen molar-refractivity contribution < 1.29 is 18.8 Å². The second-order valence-corrected chi connectivity index (χ2v) is 5.75. The van der Waals surface area contributed by atoms with E-state index in [1.807, 2.05) is 0 Å². The number of imide groups is 1. The third-order valence-corrected chi connectivity index (χ3v) is 3.72. The molecule has 0 spiro atoms. The van der Waals surface area contributed by atoms with E-state index in [2.05, 4.69) is 31.4 Å². The van der Waals surface area contributed by atoms with Crippen molar-refractivity contribution in [2.75, 3.05) is 5.32 Å². The molecule has 1 fully saturated rings. The smallest absolute Gasteiger partial charge is 0.322 e.